The summed E-state index contributed by atoms with van der Waals surface area (Å²) in [5, 5.41) is 0.581. The number of aryl methyl sites for hydroxylation is 1. The minimum atomic E-state index is -0.00436. The van der Waals surface area contributed by atoms with Gasteiger partial charge in [-0.2, -0.15) is 0 Å². The number of nitrogens with zero attached hydrogens (tertiary/aromatic N) is 2. The molecule has 0 radical (unpaired) electrons. The number of hydrogen-bond donors (Lipinski definition) is 0. The molecule has 0 aliphatic carbocycles. The van der Waals surface area contributed by atoms with E-state index in [9.17, 15) is 4.79 Å². The Kier molecular flexibility index (Phi) is 9.38. The van der Waals surface area contributed by atoms with Crippen molar-refractivity contribution in [2.75, 3.05) is 45.9 Å². The Morgan fingerprint density at radius 2 is 1.65 bits per heavy atom. The smallest absolute Gasteiger partial charge is 0.200 e. The van der Waals surface area contributed by atoms with Crippen LogP contribution < -0.4 is 10.2 Å². The third kappa shape index (κ3) is 5.80. The maximum Gasteiger partial charge on any atom is 0.200 e. The third-order valence-corrected chi connectivity index (χ3v) is 5.69. The fourth-order valence-electron chi connectivity index (χ4n) is 3.94. The molecule has 0 N–H and O–H groups in total. The highest BCUT2D eigenvalue weighted by Gasteiger charge is 2.16. The summed E-state index contributed by atoms with van der Waals surface area (Å²) in [6, 6.07) is 15.2. The first-order valence-corrected chi connectivity index (χ1v) is 10.4. The Hall–Kier alpha value is -2.05. The van der Waals surface area contributed by atoms with Crippen LogP contribution in [-0.4, -0.2) is 55.7 Å². The van der Waals surface area contributed by atoms with E-state index in [0.29, 0.717) is 28.9 Å². The number of halogens is 2. The summed E-state index contributed by atoms with van der Waals surface area (Å²) in [4.78, 5) is 17.9. The first-order chi connectivity index (χ1) is 14.2. The largest absolute Gasteiger partial charge is 0.492 e. The maximum absolute atomic E-state index is 13.0. The standard InChI is InChI=1S/C24H28N2O3.2ClH/c1-3-25-11-13-26(14-12-25)15-16-28-20-9-10-21-22(17-20)29-18(2)23(24(21)27)19-7-5-4-6-8-19;;/h4-10,17H,3,11-16H2,1-2H3;2*1H. The van der Waals surface area contributed by atoms with Gasteiger partial charge in [0, 0.05) is 38.8 Å². The minimum absolute atomic E-state index is 0. The predicted octanol–water partition coefficient (Wildman–Crippen LogP) is 4.63. The van der Waals surface area contributed by atoms with E-state index in [1.807, 2.05) is 55.5 Å². The molecule has 0 bridgehead atoms. The molecule has 168 valence electrons. The fraction of sp³-hybridized carbons (Fsp3) is 0.375. The van der Waals surface area contributed by atoms with Crippen LogP contribution in [0.5, 0.6) is 5.75 Å². The second-order valence-electron chi connectivity index (χ2n) is 7.51. The molecule has 4 rings (SSSR count). The molecule has 0 saturated carbocycles. The summed E-state index contributed by atoms with van der Waals surface area (Å²) in [6.45, 7) is 11.1. The fourth-order valence-corrected chi connectivity index (χ4v) is 3.94. The van der Waals surface area contributed by atoms with Crippen LogP contribution in [0.25, 0.3) is 22.1 Å². The van der Waals surface area contributed by atoms with Gasteiger partial charge in [0.1, 0.15) is 23.7 Å². The summed E-state index contributed by atoms with van der Waals surface area (Å²) in [7, 11) is 0. The van der Waals surface area contributed by atoms with Gasteiger partial charge in [-0.15, -0.1) is 24.8 Å². The average molecular weight is 465 g/mol. The molecule has 0 amide bonds. The number of ether oxygens (including phenoxy) is 1. The predicted molar refractivity (Wildman–Crippen MR) is 131 cm³/mol. The van der Waals surface area contributed by atoms with Crippen LogP contribution in [0.3, 0.4) is 0 Å². The SMILES string of the molecule is CCN1CCN(CCOc2ccc3c(=O)c(-c4ccccc4)c(C)oc3c2)CC1.Cl.Cl. The molecular weight excluding hydrogens is 435 g/mol. The quantitative estimate of drug-likeness (QED) is 0.532. The molecule has 7 heteroatoms. The molecule has 0 spiro atoms. The van der Waals surface area contributed by atoms with Crippen molar-refractivity contribution in [2.45, 2.75) is 13.8 Å². The van der Waals surface area contributed by atoms with Gasteiger partial charge in [-0.1, -0.05) is 37.3 Å². The molecule has 31 heavy (non-hydrogen) atoms. The summed E-state index contributed by atoms with van der Waals surface area (Å²) >= 11 is 0. The lowest BCUT2D eigenvalue weighted by Crippen LogP contribution is -2.47. The van der Waals surface area contributed by atoms with Crippen molar-refractivity contribution in [3.63, 3.8) is 0 Å². The number of likely N-dealkylation sites (N-methyl/N-ethyl adjacent to an activating group) is 1. The highest BCUT2D eigenvalue weighted by Crippen LogP contribution is 2.26. The van der Waals surface area contributed by atoms with Crippen molar-refractivity contribution < 1.29 is 9.15 Å². The van der Waals surface area contributed by atoms with Gasteiger partial charge in [0.05, 0.1) is 10.9 Å². The maximum atomic E-state index is 13.0. The van der Waals surface area contributed by atoms with Crippen LogP contribution in [0.4, 0.5) is 0 Å². The highest BCUT2D eigenvalue weighted by molar-refractivity contribution is 5.86. The van der Waals surface area contributed by atoms with E-state index in [-0.39, 0.29) is 30.2 Å². The second-order valence-corrected chi connectivity index (χ2v) is 7.51. The van der Waals surface area contributed by atoms with Crippen LogP contribution in [0.2, 0.25) is 0 Å². The normalized spacial score (nSPS) is 14.6. The Morgan fingerprint density at radius 1 is 0.968 bits per heavy atom. The van der Waals surface area contributed by atoms with Gasteiger partial charge < -0.3 is 14.1 Å². The molecule has 0 atom stereocenters. The molecule has 1 aliphatic heterocycles. The zero-order valence-corrected chi connectivity index (χ0v) is 19.6. The van der Waals surface area contributed by atoms with Gasteiger partial charge in [-0.05, 0) is 31.2 Å². The van der Waals surface area contributed by atoms with Crippen LogP contribution >= 0.6 is 24.8 Å². The summed E-state index contributed by atoms with van der Waals surface area (Å²) < 4.78 is 11.9. The summed E-state index contributed by atoms with van der Waals surface area (Å²) in [6.07, 6.45) is 0. The van der Waals surface area contributed by atoms with Gasteiger partial charge in [0.15, 0.2) is 0 Å². The van der Waals surface area contributed by atoms with Crippen LogP contribution in [0.15, 0.2) is 57.7 Å². The van der Waals surface area contributed by atoms with Gasteiger partial charge in [0.25, 0.3) is 0 Å². The van der Waals surface area contributed by atoms with Crippen LogP contribution in [0, 0.1) is 6.92 Å². The number of fused-ring (bicyclic) bond motifs is 1. The van der Waals surface area contributed by atoms with E-state index >= 15 is 0 Å². The van der Waals surface area contributed by atoms with Crippen molar-refractivity contribution in [3.8, 4) is 16.9 Å². The lowest BCUT2D eigenvalue weighted by Gasteiger charge is -2.33. The highest BCUT2D eigenvalue weighted by atomic mass is 35.5. The van der Waals surface area contributed by atoms with Crippen molar-refractivity contribution in [3.05, 3.63) is 64.5 Å². The zero-order valence-electron chi connectivity index (χ0n) is 18.0. The first-order valence-electron chi connectivity index (χ1n) is 10.4. The molecule has 1 fully saturated rings. The topological polar surface area (TPSA) is 45.9 Å². The Balaban J connectivity index is 0.00000171. The van der Waals surface area contributed by atoms with E-state index < -0.39 is 0 Å². The Labute approximate surface area is 195 Å². The lowest BCUT2D eigenvalue weighted by molar-refractivity contribution is 0.121. The van der Waals surface area contributed by atoms with Gasteiger partial charge in [0.2, 0.25) is 5.43 Å². The molecule has 1 aromatic heterocycles. The molecule has 3 aromatic rings. The zero-order chi connectivity index (χ0) is 20.2. The summed E-state index contributed by atoms with van der Waals surface area (Å²) in [5.41, 5.74) is 2.07. The first kappa shape index (κ1) is 25.2. The lowest BCUT2D eigenvalue weighted by atomic mass is 10.0. The van der Waals surface area contributed by atoms with Crippen molar-refractivity contribution in [2.24, 2.45) is 0 Å². The number of hydrogen-bond acceptors (Lipinski definition) is 5. The van der Waals surface area contributed by atoms with E-state index in [0.717, 1.165) is 50.6 Å². The van der Waals surface area contributed by atoms with Crippen molar-refractivity contribution in [1.82, 2.24) is 9.80 Å². The molecule has 1 saturated heterocycles. The van der Waals surface area contributed by atoms with Crippen molar-refractivity contribution in [1.29, 1.82) is 0 Å². The molecule has 1 aliphatic rings. The van der Waals surface area contributed by atoms with Crippen LogP contribution in [-0.2, 0) is 0 Å². The third-order valence-electron chi connectivity index (χ3n) is 5.69. The van der Waals surface area contributed by atoms with Gasteiger partial charge in [-0.25, -0.2) is 0 Å². The van der Waals surface area contributed by atoms with Crippen molar-refractivity contribution >= 4 is 35.8 Å². The molecule has 2 heterocycles. The molecular formula is C24H30Cl2N2O3. The average Bonchev–Trinajstić information content (AvgIpc) is 2.75. The Morgan fingerprint density at radius 3 is 2.32 bits per heavy atom. The number of benzene rings is 2. The monoisotopic (exact) mass is 464 g/mol. The molecule has 5 nitrogen and oxygen atoms in total. The summed E-state index contributed by atoms with van der Waals surface area (Å²) in [5.74, 6) is 1.36. The second kappa shape index (κ2) is 11.5. The van der Waals surface area contributed by atoms with Gasteiger partial charge >= 0.3 is 0 Å². The van der Waals surface area contributed by atoms with Gasteiger partial charge in [-0.3, -0.25) is 9.69 Å². The van der Waals surface area contributed by atoms with E-state index in [1.54, 1.807) is 0 Å². The van der Waals surface area contributed by atoms with E-state index in [4.69, 9.17) is 9.15 Å². The number of piperazine rings is 1. The van der Waals surface area contributed by atoms with Crippen LogP contribution in [0.1, 0.15) is 12.7 Å². The Bertz CT molecular complexity index is 1030. The molecule has 2 aromatic carbocycles. The minimum Gasteiger partial charge on any atom is -0.492 e. The van der Waals surface area contributed by atoms with E-state index in [1.165, 1.54) is 0 Å². The number of rotatable bonds is 6. The van der Waals surface area contributed by atoms with E-state index in [2.05, 4.69) is 16.7 Å². The molecule has 0 unspecified atom stereocenters.